The molecule has 0 saturated heterocycles. The van der Waals surface area contributed by atoms with Crippen molar-refractivity contribution in [3.8, 4) is 0 Å². The molecule has 1 aliphatic rings. The summed E-state index contributed by atoms with van der Waals surface area (Å²) in [4.78, 5) is 16.7. The van der Waals surface area contributed by atoms with Crippen LogP contribution in [-0.4, -0.2) is 16.9 Å². The predicted molar refractivity (Wildman–Crippen MR) is 84.9 cm³/mol. The summed E-state index contributed by atoms with van der Waals surface area (Å²) in [6, 6.07) is 3.75. The zero-order chi connectivity index (χ0) is 15.2. The van der Waals surface area contributed by atoms with Crippen LogP contribution in [0.2, 0.25) is 0 Å². The molecular formula is C16H26N4O. The quantitative estimate of drug-likeness (QED) is 0.575. The van der Waals surface area contributed by atoms with E-state index in [1.807, 2.05) is 6.92 Å². The summed E-state index contributed by atoms with van der Waals surface area (Å²) in [5, 5.41) is 3.20. The first-order chi connectivity index (χ1) is 10.1. The molecule has 4 N–H and O–H groups in total. The van der Waals surface area contributed by atoms with Crippen molar-refractivity contribution in [2.75, 3.05) is 5.43 Å². The van der Waals surface area contributed by atoms with Crippen molar-refractivity contribution in [1.82, 2.24) is 10.3 Å². The molecular weight excluding hydrogens is 264 g/mol. The second kappa shape index (κ2) is 7.41. The highest BCUT2D eigenvalue weighted by Gasteiger charge is 2.24. The van der Waals surface area contributed by atoms with Gasteiger partial charge in [0.25, 0.3) is 5.91 Å². The molecule has 1 saturated carbocycles. The summed E-state index contributed by atoms with van der Waals surface area (Å²) >= 11 is 0. The highest BCUT2D eigenvalue weighted by Crippen LogP contribution is 2.28. The molecule has 5 nitrogen and oxygen atoms in total. The number of aromatic nitrogens is 1. The molecule has 1 atom stereocenters. The maximum absolute atomic E-state index is 12.5. The van der Waals surface area contributed by atoms with Crippen LogP contribution in [0.1, 0.15) is 61.5 Å². The van der Waals surface area contributed by atoms with Crippen LogP contribution >= 0.6 is 0 Å². The Bertz CT molecular complexity index is 483. The normalized spacial score (nSPS) is 17.3. The maximum Gasteiger partial charge on any atom is 0.251 e. The van der Waals surface area contributed by atoms with E-state index in [1.165, 1.54) is 32.1 Å². The molecule has 1 unspecified atom stereocenters. The molecule has 1 heterocycles. The Balaban J connectivity index is 2.06. The highest BCUT2D eigenvalue weighted by atomic mass is 16.1. The minimum absolute atomic E-state index is 0.0329. The molecule has 0 aliphatic heterocycles. The Hall–Kier alpha value is -1.62. The summed E-state index contributed by atoms with van der Waals surface area (Å²) < 4.78 is 0. The third kappa shape index (κ3) is 4.17. The Morgan fingerprint density at radius 3 is 2.71 bits per heavy atom. The summed E-state index contributed by atoms with van der Waals surface area (Å²) in [6.07, 6.45) is 7.32. The molecule has 1 aromatic rings. The molecule has 116 valence electrons. The molecule has 0 spiro atoms. The zero-order valence-electron chi connectivity index (χ0n) is 13.0. The van der Waals surface area contributed by atoms with Gasteiger partial charge in [-0.15, -0.1) is 0 Å². The lowest BCUT2D eigenvalue weighted by Gasteiger charge is -2.30. The van der Waals surface area contributed by atoms with Gasteiger partial charge < -0.3 is 10.7 Å². The zero-order valence-corrected chi connectivity index (χ0v) is 13.0. The molecule has 0 radical (unpaired) electrons. The summed E-state index contributed by atoms with van der Waals surface area (Å²) in [5.74, 6) is 6.49. The number of nitrogens with two attached hydrogens (primary N) is 1. The van der Waals surface area contributed by atoms with Gasteiger partial charge in [0.1, 0.15) is 5.82 Å². The van der Waals surface area contributed by atoms with Gasteiger partial charge in [0.05, 0.1) is 0 Å². The monoisotopic (exact) mass is 290 g/mol. The largest absolute Gasteiger partial charge is 0.349 e. The molecule has 5 heteroatoms. The standard InChI is InChI=1S/C16H26N4O/c1-3-14(12-7-5-4-6-8-12)19-16(21)13-9-11(2)18-15(10-13)20-17/h9-10,12,14H,3-8,17H2,1-2H3,(H,18,20)(H,19,21). The first-order valence-electron chi connectivity index (χ1n) is 7.90. The van der Waals surface area contributed by atoms with Crippen molar-refractivity contribution in [2.24, 2.45) is 11.8 Å². The Kier molecular flexibility index (Phi) is 5.56. The van der Waals surface area contributed by atoms with Crippen LogP contribution in [0, 0.1) is 12.8 Å². The number of pyridine rings is 1. The summed E-state index contributed by atoms with van der Waals surface area (Å²) in [6.45, 7) is 4.00. The number of amides is 1. The van der Waals surface area contributed by atoms with E-state index < -0.39 is 0 Å². The lowest BCUT2D eigenvalue weighted by atomic mass is 9.83. The molecule has 0 aromatic carbocycles. The van der Waals surface area contributed by atoms with Crippen LogP contribution in [-0.2, 0) is 0 Å². The van der Waals surface area contributed by atoms with Crippen molar-refractivity contribution in [1.29, 1.82) is 0 Å². The maximum atomic E-state index is 12.5. The number of hydrogen-bond acceptors (Lipinski definition) is 4. The molecule has 2 rings (SSSR count). The van der Waals surface area contributed by atoms with Crippen LogP contribution < -0.4 is 16.6 Å². The van der Waals surface area contributed by atoms with Crippen LogP contribution in [0.25, 0.3) is 0 Å². The Labute approximate surface area is 126 Å². The number of hydrogen-bond donors (Lipinski definition) is 3. The third-order valence-electron chi connectivity index (χ3n) is 4.34. The molecule has 21 heavy (non-hydrogen) atoms. The van der Waals surface area contributed by atoms with Crippen LogP contribution in [0.3, 0.4) is 0 Å². The second-order valence-corrected chi connectivity index (χ2v) is 5.91. The number of nitrogens with one attached hydrogen (secondary N) is 2. The first-order valence-corrected chi connectivity index (χ1v) is 7.90. The molecule has 0 bridgehead atoms. The predicted octanol–water partition coefficient (Wildman–Crippen LogP) is 2.76. The molecule has 1 fully saturated rings. The van der Waals surface area contributed by atoms with E-state index in [4.69, 9.17) is 5.84 Å². The van der Waals surface area contributed by atoms with Crippen LogP contribution in [0.5, 0.6) is 0 Å². The van der Waals surface area contributed by atoms with E-state index in [-0.39, 0.29) is 11.9 Å². The smallest absolute Gasteiger partial charge is 0.251 e. The summed E-state index contributed by atoms with van der Waals surface area (Å²) in [7, 11) is 0. The number of carbonyl (C=O) groups excluding carboxylic acids is 1. The van der Waals surface area contributed by atoms with Gasteiger partial charge in [-0.3, -0.25) is 4.79 Å². The van der Waals surface area contributed by atoms with Gasteiger partial charge in [-0.2, -0.15) is 0 Å². The Morgan fingerprint density at radius 2 is 2.10 bits per heavy atom. The lowest BCUT2D eigenvalue weighted by molar-refractivity contribution is 0.0911. The molecule has 1 amide bonds. The average molecular weight is 290 g/mol. The van der Waals surface area contributed by atoms with Crippen molar-refractivity contribution >= 4 is 11.7 Å². The number of carbonyl (C=O) groups is 1. The Morgan fingerprint density at radius 1 is 1.38 bits per heavy atom. The van der Waals surface area contributed by atoms with Crippen LogP contribution in [0.4, 0.5) is 5.82 Å². The number of nitrogens with zero attached hydrogens (tertiary/aromatic N) is 1. The van der Waals surface area contributed by atoms with Gasteiger partial charge in [0.15, 0.2) is 0 Å². The van der Waals surface area contributed by atoms with Gasteiger partial charge in [0, 0.05) is 17.3 Å². The van der Waals surface area contributed by atoms with E-state index in [1.54, 1.807) is 12.1 Å². The van der Waals surface area contributed by atoms with Gasteiger partial charge in [-0.25, -0.2) is 10.8 Å². The molecule has 1 aliphatic carbocycles. The van der Waals surface area contributed by atoms with Crippen LogP contribution in [0.15, 0.2) is 12.1 Å². The van der Waals surface area contributed by atoms with Crippen molar-refractivity contribution in [2.45, 2.75) is 58.4 Å². The third-order valence-corrected chi connectivity index (χ3v) is 4.34. The fourth-order valence-corrected chi connectivity index (χ4v) is 3.22. The number of aryl methyl sites for hydroxylation is 1. The lowest BCUT2D eigenvalue weighted by Crippen LogP contribution is -2.40. The van der Waals surface area contributed by atoms with Gasteiger partial charge in [-0.1, -0.05) is 26.2 Å². The topological polar surface area (TPSA) is 80.0 Å². The van der Waals surface area contributed by atoms with Gasteiger partial charge in [-0.05, 0) is 44.2 Å². The van der Waals surface area contributed by atoms with Gasteiger partial charge in [0.2, 0.25) is 0 Å². The fourth-order valence-electron chi connectivity index (χ4n) is 3.22. The average Bonchev–Trinajstić information content (AvgIpc) is 2.52. The van der Waals surface area contributed by atoms with E-state index in [2.05, 4.69) is 22.7 Å². The minimum atomic E-state index is -0.0329. The van der Waals surface area contributed by atoms with E-state index >= 15 is 0 Å². The van der Waals surface area contributed by atoms with Crippen molar-refractivity contribution in [3.63, 3.8) is 0 Å². The second-order valence-electron chi connectivity index (χ2n) is 5.91. The van der Waals surface area contributed by atoms with Gasteiger partial charge >= 0.3 is 0 Å². The number of rotatable bonds is 5. The summed E-state index contributed by atoms with van der Waals surface area (Å²) in [5.41, 5.74) is 3.90. The van der Waals surface area contributed by atoms with E-state index in [9.17, 15) is 4.79 Å². The number of hydrazine groups is 1. The SMILES string of the molecule is CCC(NC(=O)c1cc(C)nc(NN)c1)C1CCCCC1. The fraction of sp³-hybridized carbons (Fsp3) is 0.625. The minimum Gasteiger partial charge on any atom is -0.349 e. The number of anilines is 1. The highest BCUT2D eigenvalue weighted by molar-refractivity contribution is 5.95. The van der Waals surface area contributed by atoms with Crippen molar-refractivity contribution in [3.05, 3.63) is 23.4 Å². The van der Waals surface area contributed by atoms with Crippen molar-refractivity contribution < 1.29 is 4.79 Å². The number of nitrogen functional groups attached to an aromatic ring is 1. The first kappa shape index (κ1) is 15.8. The molecule has 1 aromatic heterocycles. The van der Waals surface area contributed by atoms with E-state index in [0.717, 1.165) is 12.1 Å². The van der Waals surface area contributed by atoms with E-state index in [0.29, 0.717) is 17.3 Å².